The van der Waals surface area contributed by atoms with E-state index in [2.05, 4.69) is 35.9 Å². The molecule has 5 nitrogen and oxygen atoms in total. The van der Waals surface area contributed by atoms with E-state index in [1.54, 1.807) is 0 Å². The summed E-state index contributed by atoms with van der Waals surface area (Å²) in [6.07, 6.45) is 8.65. The lowest BCUT2D eigenvalue weighted by Gasteiger charge is -2.34. The number of nitrogens with zero attached hydrogens (tertiary/aromatic N) is 3. The number of benzene rings is 1. The van der Waals surface area contributed by atoms with Gasteiger partial charge in [0, 0.05) is 5.39 Å². The zero-order chi connectivity index (χ0) is 19.7. The molecule has 4 rings (SSSR count). The van der Waals surface area contributed by atoms with Crippen molar-refractivity contribution in [3.8, 4) is 6.07 Å². The van der Waals surface area contributed by atoms with Gasteiger partial charge in [-0.25, -0.2) is 0 Å². The standard InChI is InChI=1S/C23H29N3O2/c1-3-20-19-9-8-17(14-21(19)26(25-20)18-6-4-5-7-18)23(15-24)12-10-16(11-13-23)22(27)28-2/h8-9,14,16,18H,3-7,10-13H2,1-2H3. The molecule has 0 amide bonds. The van der Waals surface area contributed by atoms with Gasteiger partial charge in [-0.2, -0.15) is 10.4 Å². The van der Waals surface area contributed by atoms with Gasteiger partial charge in [0.15, 0.2) is 0 Å². The van der Waals surface area contributed by atoms with Crippen LogP contribution in [-0.4, -0.2) is 22.9 Å². The summed E-state index contributed by atoms with van der Waals surface area (Å²) < 4.78 is 7.14. The summed E-state index contributed by atoms with van der Waals surface area (Å²) in [5.74, 6) is -0.222. The Morgan fingerprint density at radius 3 is 2.61 bits per heavy atom. The molecule has 0 radical (unpaired) electrons. The predicted octanol–water partition coefficient (Wildman–Crippen LogP) is 4.84. The van der Waals surface area contributed by atoms with Crippen LogP contribution < -0.4 is 0 Å². The molecule has 2 saturated carbocycles. The van der Waals surface area contributed by atoms with Crippen LogP contribution in [-0.2, 0) is 21.4 Å². The van der Waals surface area contributed by atoms with Crippen LogP contribution >= 0.6 is 0 Å². The van der Waals surface area contributed by atoms with Crippen molar-refractivity contribution in [2.45, 2.75) is 76.2 Å². The van der Waals surface area contributed by atoms with Gasteiger partial charge in [-0.05, 0) is 56.6 Å². The molecule has 2 aromatic rings. The maximum Gasteiger partial charge on any atom is 0.308 e. The molecule has 0 bridgehead atoms. The smallest absolute Gasteiger partial charge is 0.308 e. The van der Waals surface area contributed by atoms with Crippen LogP contribution in [0.25, 0.3) is 10.9 Å². The van der Waals surface area contributed by atoms with Gasteiger partial charge in [-0.3, -0.25) is 9.48 Å². The first-order valence-electron chi connectivity index (χ1n) is 10.6. The highest BCUT2D eigenvalue weighted by Crippen LogP contribution is 2.43. The summed E-state index contributed by atoms with van der Waals surface area (Å²) in [6.45, 7) is 2.15. The van der Waals surface area contributed by atoms with Gasteiger partial charge in [0.2, 0.25) is 0 Å². The molecular formula is C23H29N3O2. The van der Waals surface area contributed by atoms with Gasteiger partial charge in [-0.15, -0.1) is 0 Å². The first kappa shape index (κ1) is 19.0. The zero-order valence-electron chi connectivity index (χ0n) is 16.9. The van der Waals surface area contributed by atoms with Crippen molar-refractivity contribution in [1.29, 1.82) is 5.26 Å². The number of rotatable bonds is 4. The zero-order valence-corrected chi connectivity index (χ0v) is 16.9. The molecular weight excluding hydrogens is 350 g/mol. The molecule has 0 unspecified atom stereocenters. The molecule has 28 heavy (non-hydrogen) atoms. The van der Waals surface area contributed by atoms with E-state index in [9.17, 15) is 10.1 Å². The number of ether oxygens (including phenoxy) is 1. The van der Waals surface area contributed by atoms with E-state index >= 15 is 0 Å². The van der Waals surface area contributed by atoms with Crippen LogP contribution in [0.4, 0.5) is 0 Å². The normalized spacial score (nSPS) is 25.7. The first-order valence-corrected chi connectivity index (χ1v) is 10.6. The molecule has 0 saturated heterocycles. The maximum atomic E-state index is 11.9. The highest BCUT2D eigenvalue weighted by molar-refractivity contribution is 5.83. The Morgan fingerprint density at radius 1 is 1.29 bits per heavy atom. The highest BCUT2D eigenvalue weighted by atomic mass is 16.5. The lowest BCUT2D eigenvalue weighted by Crippen LogP contribution is -2.33. The fourth-order valence-electron chi connectivity index (χ4n) is 5.17. The molecule has 2 fully saturated rings. The van der Waals surface area contributed by atoms with Crippen LogP contribution in [0.2, 0.25) is 0 Å². The molecule has 1 aromatic carbocycles. The molecule has 148 valence electrons. The van der Waals surface area contributed by atoms with Gasteiger partial charge < -0.3 is 4.74 Å². The number of carbonyl (C=O) groups excluding carboxylic acids is 1. The lowest BCUT2D eigenvalue weighted by atomic mass is 9.67. The third-order valence-electron chi connectivity index (χ3n) is 6.93. The summed E-state index contributed by atoms with van der Waals surface area (Å²) in [7, 11) is 1.44. The Labute approximate surface area is 166 Å². The summed E-state index contributed by atoms with van der Waals surface area (Å²) in [5, 5.41) is 16.3. The summed E-state index contributed by atoms with van der Waals surface area (Å²) in [5.41, 5.74) is 2.88. The fraction of sp³-hybridized carbons (Fsp3) is 0.609. The minimum atomic E-state index is -0.518. The van der Waals surface area contributed by atoms with Gasteiger partial charge in [0.25, 0.3) is 0 Å². The van der Waals surface area contributed by atoms with Crippen molar-refractivity contribution in [2.75, 3.05) is 7.11 Å². The maximum absolute atomic E-state index is 11.9. The number of aryl methyl sites for hydroxylation is 1. The van der Waals surface area contributed by atoms with Gasteiger partial charge in [-0.1, -0.05) is 31.9 Å². The van der Waals surface area contributed by atoms with E-state index in [-0.39, 0.29) is 11.9 Å². The molecule has 2 aliphatic rings. The average Bonchev–Trinajstić information content (AvgIpc) is 3.40. The first-order chi connectivity index (χ1) is 13.6. The van der Waals surface area contributed by atoms with Crippen LogP contribution in [0.15, 0.2) is 18.2 Å². The molecule has 5 heteroatoms. The average molecular weight is 380 g/mol. The second-order valence-corrected chi connectivity index (χ2v) is 8.41. The number of nitriles is 1. The van der Waals surface area contributed by atoms with Crippen LogP contribution in [0.5, 0.6) is 0 Å². The van der Waals surface area contributed by atoms with Crippen molar-refractivity contribution >= 4 is 16.9 Å². The molecule has 0 atom stereocenters. The Balaban J connectivity index is 1.71. The van der Waals surface area contributed by atoms with Gasteiger partial charge >= 0.3 is 5.97 Å². The second-order valence-electron chi connectivity index (χ2n) is 8.41. The van der Waals surface area contributed by atoms with Crippen molar-refractivity contribution in [3.05, 3.63) is 29.5 Å². The van der Waals surface area contributed by atoms with E-state index in [0.717, 1.165) is 17.7 Å². The number of hydrogen-bond acceptors (Lipinski definition) is 4. The van der Waals surface area contributed by atoms with E-state index in [0.29, 0.717) is 31.7 Å². The van der Waals surface area contributed by atoms with E-state index < -0.39 is 5.41 Å². The Kier molecular flexibility index (Phi) is 5.14. The van der Waals surface area contributed by atoms with Crippen molar-refractivity contribution in [3.63, 3.8) is 0 Å². The Morgan fingerprint density at radius 2 is 2.00 bits per heavy atom. The minimum Gasteiger partial charge on any atom is -0.469 e. The van der Waals surface area contributed by atoms with Crippen molar-refractivity contribution in [2.24, 2.45) is 5.92 Å². The molecule has 2 aliphatic carbocycles. The summed E-state index contributed by atoms with van der Waals surface area (Å²) in [6, 6.07) is 9.57. The lowest BCUT2D eigenvalue weighted by molar-refractivity contribution is -0.146. The topological polar surface area (TPSA) is 67.9 Å². The monoisotopic (exact) mass is 379 g/mol. The number of esters is 1. The number of hydrogen-bond donors (Lipinski definition) is 0. The number of carbonyl (C=O) groups is 1. The number of methoxy groups -OCH3 is 1. The fourth-order valence-corrected chi connectivity index (χ4v) is 5.17. The summed E-state index contributed by atoms with van der Waals surface area (Å²) >= 11 is 0. The second kappa shape index (κ2) is 7.58. The number of aromatic nitrogens is 2. The number of fused-ring (bicyclic) bond motifs is 1. The summed E-state index contributed by atoms with van der Waals surface area (Å²) in [4.78, 5) is 11.9. The molecule has 0 spiro atoms. The minimum absolute atomic E-state index is 0.0779. The van der Waals surface area contributed by atoms with Gasteiger partial charge in [0.05, 0.1) is 41.8 Å². The van der Waals surface area contributed by atoms with E-state index in [4.69, 9.17) is 9.84 Å². The van der Waals surface area contributed by atoms with Gasteiger partial charge in [0.1, 0.15) is 0 Å². The highest BCUT2D eigenvalue weighted by Gasteiger charge is 2.40. The molecule has 0 aliphatic heterocycles. The SMILES string of the molecule is CCc1nn(C2CCCC2)c2cc(C3(C#N)CCC(C(=O)OC)CC3)ccc12. The Hall–Kier alpha value is -2.35. The van der Waals surface area contributed by atoms with Crippen LogP contribution in [0, 0.1) is 17.2 Å². The third kappa shape index (κ3) is 3.09. The van der Waals surface area contributed by atoms with E-state index in [1.807, 2.05) is 0 Å². The van der Waals surface area contributed by atoms with E-state index in [1.165, 1.54) is 43.7 Å². The third-order valence-corrected chi connectivity index (χ3v) is 6.93. The van der Waals surface area contributed by atoms with Crippen LogP contribution in [0.1, 0.15) is 75.6 Å². The predicted molar refractivity (Wildman–Crippen MR) is 108 cm³/mol. The quantitative estimate of drug-likeness (QED) is 0.713. The van der Waals surface area contributed by atoms with Crippen molar-refractivity contribution < 1.29 is 9.53 Å². The Bertz CT molecular complexity index is 910. The van der Waals surface area contributed by atoms with Crippen molar-refractivity contribution in [1.82, 2.24) is 9.78 Å². The molecule has 0 N–H and O–H groups in total. The molecule has 1 aromatic heterocycles. The molecule has 1 heterocycles. The largest absolute Gasteiger partial charge is 0.469 e. The van der Waals surface area contributed by atoms with Crippen LogP contribution in [0.3, 0.4) is 0 Å².